The van der Waals surface area contributed by atoms with Crippen LogP contribution < -0.4 is 15.8 Å². The topological polar surface area (TPSA) is 106 Å². The maximum absolute atomic E-state index is 11.2. The van der Waals surface area contributed by atoms with Gasteiger partial charge in [-0.1, -0.05) is 12.1 Å². The van der Waals surface area contributed by atoms with Crippen LogP contribution in [0.3, 0.4) is 0 Å². The zero-order valence-corrected chi connectivity index (χ0v) is 15.5. The molecule has 0 aliphatic carbocycles. The van der Waals surface area contributed by atoms with Crippen LogP contribution in [0.5, 0.6) is 5.75 Å². The van der Waals surface area contributed by atoms with Crippen molar-refractivity contribution in [1.29, 1.82) is 0 Å². The van der Waals surface area contributed by atoms with Gasteiger partial charge in [0.05, 0.1) is 23.7 Å². The molecule has 0 saturated heterocycles. The lowest BCUT2D eigenvalue weighted by molar-refractivity contribution is -0.114. The number of aromatic nitrogens is 3. The average molecular weight is 373 g/mol. The first-order valence-corrected chi connectivity index (χ1v) is 8.71. The monoisotopic (exact) mass is 373 g/mol. The number of benzene rings is 2. The molecule has 4 aromatic rings. The molecule has 28 heavy (non-hydrogen) atoms. The summed E-state index contributed by atoms with van der Waals surface area (Å²) in [5.41, 5.74) is 11.1. The van der Waals surface area contributed by atoms with Gasteiger partial charge in [-0.25, -0.2) is 9.97 Å². The van der Waals surface area contributed by atoms with Crippen molar-refractivity contribution in [2.24, 2.45) is 0 Å². The minimum atomic E-state index is -0.106. The van der Waals surface area contributed by atoms with Crippen LogP contribution in [0.15, 0.2) is 54.7 Å². The zero-order valence-electron chi connectivity index (χ0n) is 15.5. The molecular weight excluding hydrogens is 354 g/mol. The Kier molecular flexibility index (Phi) is 4.41. The number of nitrogen functional groups attached to an aromatic ring is 1. The lowest BCUT2D eigenvalue weighted by atomic mass is 10.0. The van der Waals surface area contributed by atoms with Crippen molar-refractivity contribution >= 4 is 28.4 Å². The van der Waals surface area contributed by atoms with E-state index >= 15 is 0 Å². The summed E-state index contributed by atoms with van der Waals surface area (Å²) in [5, 5.41) is 2.75. The molecule has 0 unspecified atom stereocenters. The van der Waals surface area contributed by atoms with Crippen molar-refractivity contribution in [3.63, 3.8) is 0 Å². The molecular formula is C21H19N5O2. The molecule has 1 amide bonds. The Morgan fingerprint density at radius 3 is 2.61 bits per heavy atom. The molecule has 140 valence electrons. The number of amides is 1. The summed E-state index contributed by atoms with van der Waals surface area (Å²) >= 11 is 0. The molecule has 0 fully saturated rings. The fraction of sp³-hybridized carbons (Fsp3) is 0.0952. The normalized spacial score (nSPS) is 10.8. The van der Waals surface area contributed by atoms with Gasteiger partial charge in [0.2, 0.25) is 5.91 Å². The number of carbonyl (C=O) groups excluding carboxylic acids is 1. The summed E-state index contributed by atoms with van der Waals surface area (Å²) in [5.74, 6) is 1.68. The van der Waals surface area contributed by atoms with E-state index in [0.29, 0.717) is 11.6 Å². The van der Waals surface area contributed by atoms with E-state index in [2.05, 4.69) is 20.3 Å². The second kappa shape index (κ2) is 7.03. The van der Waals surface area contributed by atoms with Crippen LogP contribution in [0.25, 0.3) is 33.5 Å². The number of ether oxygens (including phenoxy) is 1. The van der Waals surface area contributed by atoms with Gasteiger partial charge in [0, 0.05) is 30.4 Å². The number of imidazole rings is 1. The summed E-state index contributed by atoms with van der Waals surface area (Å²) in [6.45, 7) is 1.48. The molecule has 4 N–H and O–H groups in total. The molecule has 2 heterocycles. The molecule has 0 atom stereocenters. The molecule has 2 aromatic heterocycles. The van der Waals surface area contributed by atoms with Crippen molar-refractivity contribution in [2.45, 2.75) is 6.92 Å². The van der Waals surface area contributed by atoms with Crippen LogP contribution in [0.4, 0.5) is 11.5 Å². The second-order valence-electron chi connectivity index (χ2n) is 6.38. The van der Waals surface area contributed by atoms with E-state index in [0.717, 1.165) is 39.2 Å². The summed E-state index contributed by atoms with van der Waals surface area (Å²) in [6.07, 6.45) is 1.72. The van der Waals surface area contributed by atoms with Crippen LogP contribution in [0.1, 0.15) is 6.92 Å². The number of anilines is 2. The van der Waals surface area contributed by atoms with Crippen molar-refractivity contribution in [3.8, 4) is 28.3 Å². The molecule has 0 saturated carbocycles. The SMILES string of the molecule is COc1ccc2nc(-c3cc(-c4ccc(NC(C)=O)cc4)cnc3N)[nH]c2c1. The van der Waals surface area contributed by atoms with Crippen molar-refractivity contribution in [1.82, 2.24) is 15.0 Å². The summed E-state index contributed by atoms with van der Waals surface area (Å²) < 4.78 is 5.26. The first-order chi connectivity index (χ1) is 13.5. The Labute approximate surface area is 161 Å². The van der Waals surface area contributed by atoms with E-state index in [9.17, 15) is 4.79 Å². The van der Waals surface area contributed by atoms with E-state index in [4.69, 9.17) is 10.5 Å². The molecule has 0 radical (unpaired) electrons. The molecule has 2 aromatic carbocycles. The molecule has 0 bridgehead atoms. The second-order valence-corrected chi connectivity index (χ2v) is 6.38. The number of carbonyl (C=O) groups is 1. The zero-order chi connectivity index (χ0) is 19.7. The van der Waals surface area contributed by atoms with Crippen LogP contribution >= 0.6 is 0 Å². The lowest BCUT2D eigenvalue weighted by Crippen LogP contribution is -2.05. The van der Waals surface area contributed by atoms with Crippen molar-refractivity contribution in [2.75, 3.05) is 18.2 Å². The van der Waals surface area contributed by atoms with Crippen LogP contribution in [0, 0.1) is 0 Å². The van der Waals surface area contributed by atoms with Crippen molar-refractivity contribution in [3.05, 3.63) is 54.7 Å². The number of rotatable bonds is 4. The smallest absolute Gasteiger partial charge is 0.221 e. The van der Waals surface area contributed by atoms with Crippen LogP contribution in [-0.2, 0) is 4.79 Å². The molecule has 7 heteroatoms. The number of nitrogens with zero attached hydrogens (tertiary/aromatic N) is 2. The molecule has 4 rings (SSSR count). The van der Waals surface area contributed by atoms with Gasteiger partial charge < -0.3 is 20.8 Å². The molecule has 0 aliphatic heterocycles. The number of nitrogens with two attached hydrogens (primary N) is 1. The summed E-state index contributed by atoms with van der Waals surface area (Å²) in [4.78, 5) is 23.4. The Balaban J connectivity index is 1.72. The van der Waals surface area contributed by atoms with Gasteiger partial charge in [0.15, 0.2) is 0 Å². The maximum atomic E-state index is 11.2. The number of hydrogen-bond acceptors (Lipinski definition) is 5. The predicted octanol–water partition coefficient (Wildman–Crippen LogP) is 3.84. The third kappa shape index (κ3) is 3.37. The number of methoxy groups -OCH3 is 1. The largest absolute Gasteiger partial charge is 0.497 e. The van der Waals surface area contributed by atoms with Gasteiger partial charge in [-0.15, -0.1) is 0 Å². The standard InChI is InChI=1S/C21H19N5O2/c1-12(27)24-15-5-3-13(4-6-15)14-9-17(20(22)23-11-14)21-25-18-8-7-16(28-2)10-19(18)26-21/h3-11H,1-2H3,(H2,22,23)(H,24,27)(H,25,26). The molecule has 0 spiro atoms. The fourth-order valence-corrected chi connectivity index (χ4v) is 3.02. The summed E-state index contributed by atoms with van der Waals surface area (Å²) in [6, 6.07) is 15.1. The average Bonchev–Trinajstić information content (AvgIpc) is 3.11. The lowest BCUT2D eigenvalue weighted by Gasteiger charge is -2.08. The Bertz CT molecular complexity index is 1170. The van der Waals surface area contributed by atoms with E-state index in [-0.39, 0.29) is 5.91 Å². The highest BCUT2D eigenvalue weighted by Gasteiger charge is 2.12. The van der Waals surface area contributed by atoms with Gasteiger partial charge in [-0.3, -0.25) is 4.79 Å². The van der Waals surface area contributed by atoms with E-state index in [1.54, 1.807) is 13.3 Å². The first kappa shape index (κ1) is 17.5. The Morgan fingerprint density at radius 1 is 1.11 bits per heavy atom. The number of fused-ring (bicyclic) bond motifs is 1. The summed E-state index contributed by atoms with van der Waals surface area (Å²) in [7, 11) is 1.63. The highest BCUT2D eigenvalue weighted by Crippen LogP contribution is 2.30. The minimum Gasteiger partial charge on any atom is -0.497 e. The van der Waals surface area contributed by atoms with E-state index < -0.39 is 0 Å². The number of hydrogen-bond donors (Lipinski definition) is 3. The van der Waals surface area contributed by atoms with E-state index in [1.165, 1.54) is 6.92 Å². The van der Waals surface area contributed by atoms with Gasteiger partial charge in [-0.05, 0) is 35.9 Å². The van der Waals surface area contributed by atoms with Crippen molar-refractivity contribution < 1.29 is 9.53 Å². The minimum absolute atomic E-state index is 0.106. The Morgan fingerprint density at radius 2 is 1.89 bits per heavy atom. The molecule has 0 aliphatic rings. The predicted molar refractivity (Wildman–Crippen MR) is 110 cm³/mol. The Hall–Kier alpha value is -3.87. The van der Waals surface area contributed by atoms with E-state index in [1.807, 2.05) is 48.5 Å². The maximum Gasteiger partial charge on any atom is 0.221 e. The fourth-order valence-electron chi connectivity index (χ4n) is 3.02. The number of nitrogens with one attached hydrogen (secondary N) is 2. The first-order valence-electron chi connectivity index (χ1n) is 8.71. The van der Waals surface area contributed by atoms with Gasteiger partial charge >= 0.3 is 0 Å². The molecule has 7 nitrogen and oxygen atoms in total. The van der Waals surface area contributed by atoms with Crippen LogP contribution in [0.2, 0.25) is 0 Å². The third-order valence-corrected chi connectivity index (χ3v) is 4.40. The highest BCUT2D eigenvalue weighted by molar-refractivity contribution is 5.89. The number of H-pyrrole nitrogens is 1. The highest BCUT2D eigenvalue weighted by atomic mass is 16.5. The number of aromatic amines is 1. The number of pyridine rings is 1. The van der Waals surface area contributed by atoms with Crippen LogP contribution in [-0.4, -0.2) is 28.0 Å². The van der Waals surface area contributed by atoms with Gasteiger partial charge in [-0.2, -0.15) is 0 Å². The van der Waals surface area contributed by atoms with Gasteiger partial charge in [0.1, 0.15) is 17.4 Å². The van der Waals surface area contributed by atoms with Gasteiger partial charge in [0.25, 0.3) is 0 Å². The quantitative estimate of drug-likeness (QED) is 0.504. The third-order valence-electron chi connectivity index (χ3n) is 4.40.